The summed E-state index contributed by atoms with van der Waals surface area (Å²) in [6.45, 7) is 0.264. The first kappa shape index (κ1) is 19.3. The maximum atomic E-state index is 12.8. The molecule has 6 nitrogen and oxygen atoms in total. The van der Waals surface area contributed by atoms with Crippen molar-refractivity contribution in [1.82, 2.24) is 4.90 Å². The fraction of sp³-hybridized carbons (Fsp3) is 0.250. The molecule has 0 atom stereocenters. The van der Waals surface area contributed by atoms with Crippen LogP contribution in [0.3, 0.4) is 0 Å². The predicted octanol–water partition coefficient (Wildman–Crippen LogP) is 2.84. The zero-order valence-corrected chi connectivity index (χ0v) is 17.0. The Morgan fingerprint density at radius 1 is 1.15 bits per heavy atom. The number of esters is 1. The third-order valence-electron chi connectivity index (χ3n) is 4.37. The van der Waals surface area contributed by atoms with Gasteiger partial charge in [-0.15, -0.1) is 0 Å². The van der Waals surface area contributed by atoms with Gasteiger partial charge >= 0.3 is 5.97 Å². The molecule has 1 aliphatic heterocycles. The fourth-order valence-electron chi connectivity index (χ4n) is 2.83. The minimum Gasteiger partial charge on any atom is -0.461 e. The summed E-state index contributed by atoms with van der Waals surface area (Å²) in [7, 11) is 1.65. The number of fused-ring (bicyclic) bond motifs is 1. The Kier molecular flexibility index (Phi) is 6.10. The lowest BCUT2D eigenvalue weighted by atomic mass is 10.1. The molecule has 1 aliphatic rings. The van der Waals surface area contributed by atoms with Crippen LogP contribution >= 0.6 is 22.6 Å². The molecule has 0 N–H and O–H groups in total. The number of hydrogen-bond acceptors (Lipinski definition) is 4. The number of ether oxygens (including phenoxy) is 1. The topological polar surface area (TPSA) is 66.9 Å². The van der Waals surface area contributed by atoms with E-state index in [1.807, 2.05) is 42.5 Å². The van der Waals surface area contributed by atoms with Crippen molar-refractivity contribution in [2.75, 3.05) is 25.0 Å². The molecule has 0 aromatic heterocycles. The molecule has 2 aromatic carbocycles. The lowest BCUT2D eigenvalue weighted by molar-refractivity contribution is -0.145. The van der Waals surface area contributed by atoms with E-state index >= 15 is 0 Å². The van der Waals surface area contributed by atoms with E-state index in [1.165, 1.54) is 9.80 Å². The minimum atomic E-state index is -0.403. The Balaban J connectivity index is 1.64. The molecule has 3 rings (SSSR count). The van der Waals surface area contributed by atoms with Gasteiger partial charge < -0.3 is 14.5 Å². The van der Waals surface area contributed by atoms with Crippen molar-refractivity contribution >= 4 is 46.1 Å². The van der Waals surface area contributed by atoms with Gasteiger partial charge in [0, 0.05) is 17.2 Å². The van der Waals surface area contributed by atoms with Gasteiger partial charge in [0.25, 0.3) is 5.91 Å². The highest BCUT2D eigenvalue weighted by molar-refractivity contribution is 14.1. The van der Waals surface area contributed by atoms with Crippen molar-refractivity contribution in [3.8, 4) is 0 Å². The fourth-order valence-corrected chi connectivity index (χ4v) is 3.30. The monoisotopic (exact) mass is 478 g/mol. The predicted molar refractivity (Wildman–Crippen MR) is 109 cm³/mol. The summed E-state index contributed by atoms with van der Waals surface area (Å²) in [5, 5.41) is 0. The van der Waals surface area contributed by atoms with E-state index in [2.05, 4.69) is 22.6 Å². The SMILES string of the molecule is CN1C(=O)CN(CCC(=O)OCc2ccccc2)C(=O)c2ccc(I)cc21. The van der Waals surface area contributed by atoms with Gasteiger partial charge in [-0.05, 0) is 46.4 Å². The number of benzene rings is 2. The molecule has 0 unspecified atom stereocenters. The van der Waals surface area contributed by atoms with Crippen LogP contribution in [0.2, 0.25) is 0 Å². The first-order valence-electron chi connectivity index (χ1n) is 8.50. The average Bonchev–Trinajstić information content (AvgIpc) is 2.76. The molecule has 0 spiro atoms. The molecule has 0 radical (unpaired) electrons. The molecule has 0 bridgehead atoms. The Hall–Kier alpha value is -2.42. The molecule has 2 amide bonds. The highest BCUT2D eigenvalue weighted by Gasteiger charge is 2.30. The maximum absolute atomic E-state index is 12.8. The van der Waals surface area contributed by atoms with E-state index in [1.54, 1.807) is 13.1 Å². The molecular weight excluding hydrogens is 459 g/mol. The number of halogens is 1. The molecule has 27 heavy (non-hydrogen) atoms. The van der Waals surface area contributed by atoms with E-state index in [4.69, 9.17) is 4.74 Å². The molecule has 0 saturated heterocycles. The van der Waals surface area contributed by atoms with Gasteiger partial charge in [-0.2, -0.15) is 0 Å². The summed E-state index contributed by atoms with van der Waals surface area (Å²) in [6, 6.07) is 14.7. The van der Waals surface area contributed by atoms with E-state index < -0.39 is 5.97 Å². The molecule has 2 aromatic rings. The number of anilines is 1. The quantitative estimate of drug-likeness (QED) is 0.490. The van der Waals surface area contributed by atoms with Gasteiger partial charge in [-0.3, -0.25) is 14.4 Å². The van der Waals surface area contributed by atoms with Crippen molar-refractivity contribution in [3.05, 3.63) is 63.2 Å². The van der Waals surface area contributed by atoms with Crippen LogP contribution in [0.1, 0.15) is 22.3 Å². The Labute approximate surface area is 171 Å². The third kappa shape index (κ3) is 4.65. The van der Waals surface area contributed by atoms with Crippen molar-refractivity contribution < 1.29 is 19.1 Å². The zero-order valence-electron chi connectivity index (χ0n) is 14.9. The number of carbonyl (C=O) groups is 3. The van der Waals surface area contributed by atoms with Crippen LogP contribution in [-0.4, -0.2) is 42.8 Å². The number of rotatable bonds is 5. The molecule has 0 saturated carbocycles. The third-order valence-corrected chi connectivity index (χ3v) is 5.04. The molecule has 0 aliphatic carbocycles. The lowest BCUT2D eigenvalue weighted by Gasteiger charge is -2.19. The summed E-state index contributed by atoms with van der Waals surface area (Å²) in [4.78, 5) is 40.2. The minimum absolute atomic E-state index is 0.0370. The summed E-state index contributed by atoms with van der Waals surface area (Å²) in [6.07, 6.45) is 0.0370. The molecule has 1 heterocycles. The highest BCUT2D eigenvalue weighted by Crippen LogP contribution is 2.26. The molecule has 140 valence electrons. The van der Waals surface area contributed by atoms with Crippen LogP contribution in [-0.2, 0) is 20.9 Å². The van der Waals surface area contributed by atoms with Gasteiger partial charge in [-0.1, -0.05) is 30.3 Å². The summed E-state index contributed by atoms with van der Waals surface area (Å²) in [5.41, 5.74) is 1.95. The van der Waals surface area contributed by atoms with Crippen LogP contribution in [0.5, 0.6) is 0 Å². The van der Waals surface area contributed by atoms with E-state index in [9.17, 15) is 14.4 Å². The van der Waals surface area contributed by atoms with Crippen LogP contribution in [0.15, 0.2) is 48.5 Å². The molecule has 7 heteroatoms. The second kappa shape index (κ2) is 8.51. The van der Waals surface area contributed by atoms with Crippen molar-refractivity contribution in [1.29, 1.82) is 0 Å². The zero-order chi connectivity index (χ0) is 19.4. The van der Waals surface area contributed by atoms with Crippen molar-refractivity contribution in [2.45, 2.75) is 13.0 Å². The number of hydrogen-bond donors (Lipinski definition) is 0. The normalized spacial score (nSPS) is 14.0. The Morgan fingerprint density at radius 3 is 2.63 bits per heavy atom. The van der Waals surface area contributed by atoms with E-state index in [-0.39, 0.29) is 37.9 Å². The van der Waals surface area contributed by atoms with Crippen LogP contribution in [0, 0.1) is 3.57 Å². The summed E-state index contributed by atoms with van der Waals surface area (Å²) >= 11 is 2.14. The highest BCUT2D eigenvalue weighted by atomic mass is 127. The van der Waals surface area contributed by atoms with Crippen LogP contribution in [0.25, 0.3) is 0 Å². The number of nitrogens with zero attached hydrogens (tertiary/aromatic N) is 2. The van der Waals surface area contributed by atoms with Gasteiger partial charge in [0.05, 0.1) is 17.7 Å². The number of carbonyl (C=O) groups excluding carboxylic acids is 3. The lowest BCUT2D eigenvalue weighted by Crippen LogP contribution is -2.39. The second-order valence-corrected chi connectivity index (χ2v) is 7.48. The maximum Gasteiger partial charge on any atom is 0.307 e. The Morgan fingerprint density at radius 2 is 1.89 bits per heavy atom. The largest absolute Gasteiger partial charge is 0.461 e. The van der Waals surface area contributed by atoms with Crippen LogP contribution in [0.4, 0.5) is 5.69 Å². The van der Waals surface area contributed by atoms with Crippen molar-refractivity contribution in [2.24, 2.45) is 0 Å². The van der Waals surface area contributed by atoms with Crippen LogP contribution < -0.4 is 4.90 Å². The summed E-state index contributed by atoms with van der Waals surface area (Å²) in [5.74, 6) is -0.851. The number of likely N-dealkylation sites (N-methyl/N-ethyl adjacent to an activating group) is 1. The van der Waals surface area contributed by atoms with Crippen molar-refractivity contribution in [3.63, 3.8) is 0 Å². The summed E-state index contributed by atoms with van der Waals surface area (Å²) < 4.78 is 6.19. The van der Waals surface area contributed by atoms with E-state index in [0.29, 0.717) is 11.3 Å². The van der Waals surface area contributed by atoms with Gasteiger partial charge in [-0.25, -0.2) is 0 Å². The number of amides is 2. The smallest absolute Gasteiger partial charge is 0.307 e. The van der Waals surface area contributed by atoms with Gasteiger partial charge in [0.2, 0.25) is 5.91 Å². The van der Waals surface area contributed by atoms with Gasteiger partial charge in [0.1, 0.15) is 13.2 Å². The average molecular weight is 478 g/mol. The van der Waals surface area contributed by atoms with Gasteiger partial charge in [0.15, 0.2) is 0 Å². The standard InChI is InChI=1S/C20H19IN2O4/c1-22-17-11-15(21)7-8-16(17)20(26)23(12-18(22)24)10-9-19(25)27-13-14-5-3-2-4-6-14/h2-8,11H,9-10,12-13H2,1H3. The molecular formula is C20H19IN2O4. The van der Waals surface area contributed by atoms with E-state index in [0.717, 1.165) is 9.13 Å². The Bertz CT molecular complexity index is 870. The molecule has 0 fully saturated rings. The second-order valence-electron chi connectivity index (χ2n) is 6.24. The first-order chi connectivity index (χ1) is 13.0. The first-order valence-corrected chi connectivity index (χ1v) is 9.58.